The zero-order valence-electron chi connectivity index (χ0n) is 15.6. The van der Waals surface area contributed by atoms with Gasteiger partial charge in [0.1, 0.15) is 0 Å². The van der Waals surface area contributed by atoms with E-state index in [1.807, 2.05) is 35.2 Å². The van der Waals surface area contributed by atoms with Crippen LogP contribution >= 0.6 is 0 Å². The Labute approximate surface area is 150 Å². The second kappa shape index (κ2) is 7.28. The number of rotatable bonds is 5. The van der Waals surface area contributed by atoms with Gasteiger partial charge in [-0.25, -0.2) is 0 Å². The molecule has 4 heteroatoms. The molecular weight excluding hydrogens is 310 g/mol. The Kier molecular flexibility index (Phi) is 5.09. The van der Waals surface area contributed by atoms with Crippen LogP contribution in [-0.2, 0) is 6.42 Å². The first kappa shape index (κ1) is 17.5. The molecule has 1 aliphatic rings. The van der Waals surface area contributed by atoms with Crippen LogP contribution in [0.4, 0.5) is 0 Å². The van der Waals surface area contributed by atoms with Gasteiger partial charge in [0.05, 0.1) is 5.52 Å². The highest BCUT2D eigenvalue weighted by Gasteiger charge is 2.19. The standard InChI is InChI=1S/C21H27N3O/c1-16(2)23-12-7-8-18(14-23)21(25)24-15-17(11-13-22(3)4)19-9-5-6-10-20(19)24/h5-7,9-10,12,14-16H,8,11,13H2,1-4H3. The third-order valence-electron chi connectivity index (χ3n) is 4.63. The Balaban J connectivity index is 1.96. The van der Waals surface area contributed by atoms with E-state index >= 15 is 0 Å². The predicted octanol–water partition coefficient (Wildman–Crippen LogP) is 3.90. The molecule has 132 valence electrons. The van der Waals surface area contributed by atoms with Crippen LogP contribution < -0.4 is 0 Å². The Morgan fingerprint density at radius 1 is 1.24 bits per heavy atom. The number of allylic oxidation sites excluding steroid dienone is 2. The molecule has 0 fully saturated rings. The Hall–Kier alpha value is -2.33. The van der Waals surface area contributed by atoms with E-state index in [1.54, 1.807) is 0 Å². The van der Waals surface area contributed by atoms with Crippen molar-refractivity contribution in [3.63, 3.8) is 0 Å². The van der Waals surface area contributed by atoms with Crippen molar-refractivity contribution in [3.05, 3.63) is 60.1 Å². The number of para-hydroxylation sites is 1. The molecule has 0 saturated carbocycles. The molecule has 4 nitrogen and oxygen atoms in total. The number of aromatic nitrogens is 1. The fourth-order valence-electron chi connectivity index (χ4n) is 3.16. The average Bonchev–Trinajstić information content (AvgIpc) is 2.98. The molecule has 0 spiro atoms. The molecule has 2 heterocycles. The van der Waals surface area contributed by atoms with Crippen LogP contribution in [0.1, 0.15) is 30.6 Å². The number of fused-ring (bicyclic) bond motifs is 1. The average molecular weight is 337 g/mol. The van der Waals surface area contributed by atoms with Gasteiger partial charge in [0.2, 0.25) is 0 Å². The quantitative estimate of drug-likeness (QED) is 0.828. The minimum Gasteiger partial charge on any atom is -0.352 e. The number of nitrogens with zero attached hydrogens (tertiary/aromatic N) is 3. The van der Waals surface area contributed by atoms with Gasteiger partial charge >= 0.3 is 0 Å². The molecule has 1 aromatic carbocycles. The van der Waals surface area contributed by atoms with E-state index in [0.717, 1.165) is 24.1 Å². The van der Waals surface area contributed by atoms with Gasteiger partial charge in [-0.2, -0.15) is 0 Å². The molecule has 1 aliphatic heterocycles. The van der Waals surface area contributed by atoms with Crippen LogP contribution in [0.15, 0.2) is 54.5 Å². The van der Waals surface area contributed by atoms with Crippen LogP contribution in [0, 0.1) is 0 Å². The van der Waals surface area contributed by atoms with Crippen LogP contribution in [0.2, 0.25) is 0 Å². The molecule has 0 unspecified atom stereocenters. The second-order valence-corrected chi connectivity index (χ2v) is 7.18. The van der Waals surface area contributed by atoms with Crippen molar-refractivity contribution in [3.8, 4) is 0 Å². The summed E-state index contributed by atoms with van der Waals surface area (Å²) in [6, 6.07) is 8.53. The smallest absolute Gasteiger partial charge is 0.260 e. The summed E-state index contributed by atoms with van der Waals surface area (Å²) in [6.07, 6.45) is 9.74. The van der Waals surface area contributed by atoms with Crippen LogP contribution in [0.25, 0.3) is 10.9 Å². The number of hydrogen-bond donors (Lipinski definition) is 0. The summed E-state index contributed by atoms with van der Waals surface area (Å²) in [6.45, 7) is 5.21. The lowest BCUT2D eigenvalue weighted by Crippen LogP contribution is -2.24. The lowest BCUT2D eigenvalue weighted by molar-refractivity contribution is 0.0954. The van der Waals surface area contributed by atoms with Gasteiger partial charge in [-0.1, -0.05) is 24.3 Å². The zero-order valence-corrected chi connectivity index (χ0v) is 15.6. The van der Waals surface area contributed by atoms with Gasteiger partial charge in [0.15, 0.2) is 0 Å². The lowest BCUT2D eigenvalue weighted by Gasteiger charge is -2.24. The molecule has 1 aromatic heterocycles. The monoisotopic (exact) mass is 337 g/mol. The number of hydrogen-bond acceptors (Lipinski definition) is 3. The first-order valence-corrected chi connectivity index (χ1v) is 8.90. The largest absolute Gasteiger partial charge is 0.352 e. The fraction of sp³-hybridized carbons (Fsp3) is 0.381. The van der Waals surface area contributed by atoms with Crippen LogP contribution in [-0.4, -0.2) is 47.0 Å². The minimum absolute atomic E-state index is 0.0716. The molecule has 0 N–H and O–H groups in total. The number of likely N-dealkylation sites (N-methyl/N-ethyl adjacent to an activating group) is 1. The van der Waals surface area contributed by atoms with E-state index in [-0.39, 0.29) is 5.91 Å². The SMILES string of the molecule is CC(C)N1C=CCC(C(=O)n2cc(CCN(C)C)c3ccccc32)=C1. The summed E-state index contributed by atoms with van der Waals surface area (Å²) < 4.78 is 1.82. The van der Waals surface area contributed by atoms with E-state index in [1.165, 1.54) is 10.9 Å². The molecule has 0 atom stereocenters. The van der Waals surface area contributed by atoms with Crippen molar-refractivity contribution in [1.82, 2.24) is 14.4 Å². The van der Waals surface area contributed by atoms with Gasteiger partial charge in [-0.15, -0.1) is 0 Å². The second-order valence-electron chi connectivity index (χ2n) is 7.18. The highest BCUT2D eigenvalue weighted by Crippen LogP contribution is 2.25. The van der Waals surface area contributed by atoms with Crippen LogP contribution in [0.3, 0.4) is 0 Å². The van der Waals surface area contributed by atoms with E-state index in [4.69, 9.17) is 0 Å². The number of carbonyl (C=O) groups excluding carboxylic acids is 1. The summed E-state index contributed by atoms with van der Waals surface area (Å²) in [5.41, 5.74) is 3.05. The first-order valence-electron chi connectivity index (χ1n) is 8.90. The van der Waals surface area contributed by atoms with Crippen molar-refractivity contribution in [2.24, 2.45) is 0 Å². The maximum Gasteiger partial charge on any atom is 0.260 e. The number of benzene rings is 1. The van der Waals surface area contributed by atoms with Gasteiger partial charge in [-0.05, 0) is 52.4 Å². The van der Waals surface area contributed by atoms with Gasteiger partial charge in [0.25, 0.3) is 5.91 Å². The Morgan fingerprint density at radius 3 is 2.72 bits per heavy atom. The van der Waals surface area contributed by atoms with Crippen molar-refractivity contribution >= 4 is 16.8 Å². The molecule has 3 rings (SSSR count). The molecule has 0 amide bonds. The van der Waals surface area contributed by atoms with Crippen molar-refractivity contribution in [1.29, 1.82) is 0 Å². The van der Waals surface area contributed by atoms with E-state index < -0.39 is 0 Å². The number of carbonyl (C=O) groups is 1. The third-order valence-corrected chi connectivity index (χ3v) is 4.63. The van der Waals surface area contributed by atoms with Crippen molar-refractivity contribution < 1.29 is 4.79 Å². The lowest BCUT2D eigenvalue weighted by atomic mass is 10.1. The van der Waals surface area contributed by atoms with E-state index in [2.05, 4.69) is 56.1 Å². The maximum absolute atomic E-state index is 13.2. The molecule has 2 aromatic rings. The Bertz CT molecular complexity index is 827. The van der Waals surface area contributed by atoms with Crippen molar-refractivity contribution in [2.75, 3.05) is 20.6 Å². The van der Waals surface area contributed by atoms with E-state index in [0.29, 0.717) is 12.5 Å². The molecular formula is C21H27N3O. The maximum atomic E-state index is 13.2. The summed E-state index contributed by atoms with van der Waals surface area (Å²) in [5.74, 6) is 0.0716. The first-order chi connectivity index (χ1) is 12.0. The zero-order chi connectivity index (χ0) is 18.0. The summed E-state index contributed by atoms with van der Waals surface area (Å²) >= 11 is 0. The third kappa shape index (κ3) is 3.69. The normalized spacial score (nSPS) is 14.6. The van der Waals surface area contributed by atoms with Crippen LogP contribution in [0.5, 0.6) is 0 Å². The minimum atomic E-state index is 0.0716. The van der Waals surface area contributed by atoms with Gasteiger partial charge < -0.3 is 9.80 Å². The molecule has 0 saturated heterocycles. The summed E-state index contributed by atoms with van der Waals surface area (Å²) in [7, 11) is 4.15. The van der Waals surface area contributed by atoms with Gasteiger partial charge in [0, 0.05) is 42.1 Å². The topological polar surface area (TPSA) is 28.5 Å². The molecule has 0 aliphatic carbocycles. The Morgan fingerprint density at radius 2 is 2.00 bits per heavy atom. The van der Waals surface area contributed by atoms with E-state index in [9.17, 15) is 4.79 Å². The predicted molar refractivity (Wildman–Crippen MR) is 104 cm³/mol. The highest BCUT2D eigenvalue weighted by atomic mass is 16.2. The molecule has 0 radical (unpaired) electrons. The fourth-order valence-corrected chi connectivity index (χ4v) is 3.16. The highest BCUT2D eigenvalue weighted by molar-refractivity contribution is 6.02. The van der Waals surface area contributed by atoms with Crippen molar-refractivity contribution in [2.45, 2.75) is 32.7 Å². The van der Waals surface area contributed by atoms with Gasteiger partial charge in [-0.3, -0.25) is 9.36 Å². The molecule has 25 heavy (non-hydrogen) atoms. The summed E-state index contributed by atoms with van der Waals surface area (Å²) in [5, 5.41) is 1.17. The molecule has 0 bridgehead atoms. The summed E-state index contributed by atoms with van der Waals surface area (Å²) in [4.78, 5) is 17.4.